The summed E-state index contributed by atoms with van der Waals surface area (Å²) in [4.78, 5) is 14.8. The van der Waals surface area contributed by atoms with Gasteiger partial charge in [0.25, 0.3) is 0 Å². The van der Waals surface area contributed by atoms with Crippen molar-refractivity contribution in [1.29, 1.82) is 0 Å². The summed E-state index contributed by atoms with van der Waals surface area (Å²) in [6, 6.07) is 0.783. The second-order valence-corrected chi connectivity index (χ2v) is 6.40. The second kappa shape index (κ2) is 6.23. The first-order chi connectivity index (χ1) is 9.34. The number of nitrogens with one attached hydrogen (secondary N) is 2. The molecule has 0 aromatic heterocycles. The summed E-state index contributed by atoms with van der Waals surface area (Å²) < 4.78 is 0. The van der Waals surface area contributed by atoms with Crippen molar-refractivity contribution in [2.24, 2.45) is 5.92 Å². The Labute approximate surface area is 116 Å². The van der Waals surface area contributed by atoms with Crippen molar-refractivity contribution in [2.75, 3.05) is 26.2 Å². The molecule has 4 heteroatoms. The Morgan fingerprint density at radius 2 is 1.95 bits per heavy atom. The average molecular weight is 265 g/mol. The molecule has 0 radical (unpaired) electrons. The quantitative estimate of drug-likeness (QED) is 0.783. The molecule has 2 aliphatic heterocycles. The molecule has 1 amide bonds. The smallest absolute Gasteiger partial charge is 0.237 e. The van der Waals surface area contributed by atoms with Crippen LogP contribution in [0.1, 0.15) is 44.9 Å². The first-order valence-electron chi connectivity index (χ1n) is 8.09. The van der Waals surface area contributed by atoms with Gasteiger partial charge in [0.05, 0.1) is 6.04 Å². The van der Waals surface area contributed by atoms with Gasteiger partial charge in [-0.15, -0.1) is 0 Å². The van der Waals surface area contributed by atoms with Gasteiger partial charge in [0.1, 0.15) is 0 Å². The van der Waals surface area contributed by atoms with Gasteiger partial charge in [-0.3, -0.25) is 9.69 Å². The Hall–Kier alpha value is -0.610. The minimum absolute atomic E-state index is 0.155. The molecule has 108 valence electrons. The topological polar surface area (TPSA) is 44.4 Å². The maximum Gasteiger partial charge on any atom is 0.237 e. The lowest BCUT2D eigenvalue weighted by Gasteiger charge is -2.35. The zero-order valence-corrected chi connectivity index (χ0v) is 11.9. The molecule has 1 atom stereocenters. The van der Waals surface area contributed by atoms with Crippen LogP contribution in [0.3, 0.4) is 0 Å². The summed E-state index contributed by atoms with van der Waals surface area (Å²) in [6.07, 6.45) is 8.58. The highest BCUT2D eigenvalue weighted by molar-refractivity contribution is 5.82. The minimum Gasteiger partial charge on any atom is -0.355 e. The van der Waals surface area contributed by atoms with Crippen LogP contribution in [0.4, 0.5) is 0 Å². The van der Waals surface area contributed by atoms with Crippen LogP contribution in [0.25, 0.3) is 0 Å². The third-order valence-corrected chi connectivity index (χ3v) is 4.92. The van der Waals surface area contributed by atoms with E-state index >= 15 is 0 Å². The fourth-order valence-corrected chi connectivity index (χ4v) is 3.57. The fraction of sp³-hybridized carbons (Fsp3) is 0.933. The molecule has 1 aliphatic carbocycles. The van der Waals surface area contributed by atoms with Crippen molar-refractivity contribution in [3.8, 4) is 0 Å². The van der Waals surface area contributed by atoms with E-state index in [0.717, 1.165) is 38.5 Å². The number of amides is 1. The first kappa shape index (κ1) is 13.4. The normalized spacial score (nSPS) is 29.6. The molecular weight excluding hydrogens is 238 g/mol. The van der Waals surface area contributed by atoms with Crippen LogP contribution >= 0.6 is 0 Å². The summed E-state index contributed by atoms with van der Waals surface area (Å²) in [5, 5.41) is 6.58. The predicted octanol–water partition coefficient (Wildman–Crippen LogP) is 1.12. The minimum atomic E-state index is 0.155. The van der Waals surface area contributed by atoms with Crippen LogP contribution in [0.2, 0.25) is 0 Å². The van der Waals surface area contributed by atoms with Crippen LogP contribution in [0, 0.1) is 5.92 Å². The van der Waals surface area contributed by atoms with Gasteiger partial charge in [-0.25, -0.2) is 0 Å². The number of nitrogens with zero attached hydrogens (tertiary/aromatic N) is 1. The summed E-state index contributed by atoms with van der Waals surface area (Å²) >= 11 is 0. The molecule has 0 aromatic rings. The molecule has 0 aromatic carbocycles. The van der Waals surface area contributed by atoms with Crippen LogP contribution in [-0.2, 0) is 4.79 Å². The summed E-state index contributed by atoms with van der Waals surface area (Å²) in [5.41, 5.74) is 0. The Balaban J connectivity index is 1.47. The summed E-state index contributed by atoms with van der Waals surface area (Å²) in [7, 11) is 0. The highest BCUT2D eigenvalue weighted by atomic mass is 16.2. The molecule has 3 rings (SSSR count). The maximum atomic E-state index is 12.3. The highest BCUT2D eigenvalue weighted by Gasteiger charge is 2.35. The highest BCUT2D eigenvalue weighted by Crippen LogP contribution is 2.31. The lowest BCUT2D eigenvalue weighted by Crippen LogP contribution is -2.50. The van der Waals surface area contributed by atoms with E-state index in [9.17, 15) is 4.79 Å². The first-order valence-corrected chi connectivity index (χ1v) is 8.09. The molecule has 2 N–H and O–H groups in total. The molecule has 3 fully saturated rings. The summed E-state index contributed by atoms with van der Waals surface area (Å²) in [5.74, 6) is 1.20. The molecule has 1 unspecified atom stereocenters. The molecule has 1 saturated carbocycles. The van der Waals surface area contributed by atoms with Crippen molar-refractivity contribution in [1.82, 2.24) is 15.5 Å². The molecule has 4 nitrogen and oxygen atoms in total. The van der Waals surface area contributed by atoms with E-state index in [-0.39, 0.29) is 11.9 Å². The number of carbonyl (C=O) groups is 1. The number of carbonyl (C=O) groups excluding carboxylic acids is 1. The zero-order chi connectivity index (χ0) is 13.1. The Morgan fingerprint density at radius 3 is 2.68 bits per heavy atom. The molecule has 3 aliphatic rings. The number of likely N-dealkylation sites (tertiary alicyclic amines) is 1. The second-order valence-electron chi connectivity index (χ2n) is 6.40. The summed E-state index contributed by atoms with van der Waals surface area (Å²) in [6.45, 7) is 4.22. The van der Waals surface area contributed by atoms with E-state index in [1.807, 2.05) is 0 Å². The molecule has 2 saturated heterocycles. The van der Waals surface area contributed by atoms with Crippen molar-refractivity contribution in [3.05, 3.63) is 0 Å². The van der Waals surface area contributed by atoms with E-state index < -0.39 is 0 Å². The number of hydrogen-bond acceptors (Lipinski definition) is 3. The van der Waals surface area contributed by atoms with Gasteiger partial charge in [-0.05, 0) is 57.7 Å². The number of rotatable bonds is 5. The third-order valence-electron chi connectivity index (χ3n) is 4.92. The Bertz CT molecular complexity index is 311. The van der Waals surface area contributed by atoms with Gasteiger partial charge in [-0.1, -0.05) is 12.8 Å². The zero-order valence-electron chi connectivity index (χ0n) is 11.9. The van der Waals surface area contributed by atoms with Crippen LogP contribution < -0.4 is 10.6 Å². The van der Waals surface area contributed by atoms with Crippen LogP contribution in [0.15, 0.2) is 0 Å². The fourth-order valence-electron chi connectivity index (χ4n) is 3.57. The Morgan fingerprint density at radius 1 is 1.16 bits per heavy atom. The number of piperidine rings is 1. The van der Waals surface area contributed by atoms with Crippen molar-refractivity contribution in [3.63, 3.8) is 0 Å². The molecule has 19 heavy (non-hydrogen) atoms. The molecule has 2 heterocycles. The largest absolute Gasteiger partial charge is 0.355 e. The van der Waals surface area contributed by atoms with Gasteiger partial charge in [-0.2, -0.15) is 0 Å². The average Bonchev–Trinajstić information content (AvgIpc) is 3.13. The third kappa shape index (κ3) is 3.48. The van der Waals surface area contributed by atoms with Crippen molar-refractivity contribution in [2.45, 2.75) is 57.0 Å². The molecular formula is C15H27N3O. The lowest BCUT2D eigenvalue weighted by molar-refractivity contribution is -0.126. The predicted molar refractivity (Wildman–Crippen MR) is 76.0 cm³/mol. The number of hydrogen-bond donors (Lipinski definition) is 2. The lowest BCUT2D eigenvalue weighted by atomic mass is 10.0. The Kier molecular flexibility index (Phi) is 4.38. The monoisotopic (exact) mass is 265 g/mol. The van der Waals surface area contributed by atoms with Crippen LogP contribution in [0.5, 0.6) is 0 Å². The van der Waals surface area contributed by atoms with Crippen LogP contribution in [-0.4, -0.2) is 49.1 Å². The van der Waals surface area contributed by atoms with Gasteiger partial charge in [0.15, 0.2) is 0 Å². The SMILES string of the molecule is O=C(NCCC1CC1)C1CCCN1C1CCNCC1. The van der Waals surface area contributed by atoms with Crippen molar-refractivity contribution >= 4 is 5.91 Å². The van der Waals surface area contributed by atoms with E-state index in [0.29, 0.717) is 6.04 Å². The van der Waals surface area contributed by atoms with Gasteiger partial charge < -0.3 is 10.6 Å². The molecule has 0 bridgehead atoms. The van der Waals surface area contributed by atoms with Crippen molar-refractivity contribution < 1.29 is 4.79 Å². The van der Waals surface area contributed by atoms with Gasteiger partial charge >= 0.3 is 0 Å². The molecule has 0 spiro atoms. The van der Waals surface area contributed by atoms with E-state index in [1.54, 1.807) is 0 Å². The van der Waals surface area contributed by atoms with E-state index in [1.165, 1.54) is 38.5 Å². The van der Waals surface area contributed by atoms with Gasteiger partial charge in [0.2, 0.25) is 5.91 Å². The standard InChI is InChI=1S/C15H27N3O/c19-15(17-10-5-12-3-4-12)14-2-1-11-18(14)13-6-8-16-9-7-13/h12-14,16H,1-11H2,(H,17,19). The maximum absolute atomic E-state index is 12.3. The van der Waals surface area contributed by atoms with E-state index in [2.05, 4.69) is 15.5 Å². The van der Waals surface area contributed by atoms with E-state index in [4.69, 9.17) is 0 Å². The van der Waals surface area contributed by atoms with Gasteiger partial charge in [0, 0.05) is 12.6 Å².